The van der Waals surface area contributed by atoms with Crippen molar-refractivity contribution in [2.24, 2.45) is 0 Å². The van der Waals surface area contributed by atoms with Gasteiger partial charge in [0.2, 0.25) is 11.8 Å². The number of aliphatic hydroxyl groups is 3. The van der Waals surface area contributed by atoms with Gasteiger partial charge in [0.15, 0.2) is 18.1 Å². The summed E-state index contributed by atoms with van der Waals surface area (Å²) >= 11 is 0.666. The molecular weight excluding hydrogens is 422 g/mol. The smallest absolute Gasteiger partial charge is 0.412 e. The molecule has 0 spiro atoms. The van der Waals surface area contributed by atoms with E-state index in [9.17, 15) is 24.9 Å². The lowest BCUT2D eigenvalue weighted by atomic mass is 10.1. The maximum atomic E-state index is 12.7. The first-order valence-corrected chi connectivity index (χ1v) is 9.95. The van der Waals surface area contributed by atoms with E-state index < -0.39 is 42.1 Å². The number of fused-ring (bicyclic) bond motifs is 1. The van der Waals surface area contributed by atoms with Gasteiger partial charge < -0.3 is 35.3 Å². The van der Waals surface area contributed by atoms with Crippen LogP contribution in [0.3, 0.4) is 0 Å². The van der Waals surface area contributed by atoms with Crippen molar-refractivity contribution in [3.63, 3.8) is 0 Å². The topological polar surface area (TPSA) is 182 Å². The Morgan fingerprint density at radius 3 is 2.80 bits per heavy atom. The van der Waals surface area contributed by atoms with Crippen molar-refractivity contribution in [1.29, 1.82) is 0 Å². The lowest BCUT2D eigenvalue weighted by Gasteiger charge is -2.27. The SMILES string of the molecule is CCOC(=O)N(CC)COc1nc(N)nc2c1sc(=O)n2[C@@]1(O)CO[C@H](CO)[C@H]1O. The van der Waals surface area contributed by atoms with Crippen molar-refractivity contribution >= 4 is 33.7 Å². The highest BCUT2D eigenvalue weighted by Gasteiger charge is 2.51. The van der Waals surface area contributed by atoms with Crippen LogP contribution in [0.2, 0.25) is 0 Å². The molecule has 0 saturated carbocycles. The molecule has 1 amide bonds. The predicted octanol–water partition coefficient (Wildman–Crippen LogP) is -1.35. The van der Waals surface area contributed by atoms with Gasteiger partial charge in [0.25, 0.3) is 0 Å². The summed E-state index contributed by atoms with van der Waals surface area (Å²) in [5.41, 5.74) is 3.51. The average molecular weight is 445 g/mol. The molecule has 0 unspecified atom stereocenters. The summed E-state index contributed by atoms with van der Waals surface area (Å²) in [7, 11) is 0. The van der Waals surface area contributed by atoms with E-state index in [4.69, 9.17) is 19.9 Å². The van der Waals surface area contributed by atoms with Crippen molar-refractivity contribution in [1.82, 2.24) is 19.4 Å². The maximum absolute atomic E-state index is 12.7. The van der Waals surface area contributed by atoms with Crippen molar-refractivity contribution in [3.8, 4) is 5.88 Å². The molecule has 2 aromatic rings. The molecule has 30 heavy (non-hydrogen) atoms. The zero-order valence-corrected chi connectivity index (χ0v) is 17.2. The van der Waals surface area contributed by atoms with Gasteiger partial charge in [-0.3, -0.25) is 9.69 Å². The van der Waals surface area contributed by atoms with Gasteiger partial charge in [0, 0.05) is 6.54 Å². The number of amides is 1. The van der Waals surface area contributed by atoms with Crippen molar-refractivity contribution in [2.75, 3.05) is 38.8 Å². The van der Waals surface area contributed by atoms with Crippen LogP contribution in [0.15, 0.2) is 4.79 Å². The van der Waals surface area contributed by atoms with Crippen LogP contribution >= 0.6 is 11.3 Å². The van der Waals surface area contributed by atoms with Crippen LogP contribution in [0.1, 0.15) is 13.8 Å². The first kappa shape index (κ1) is 22.2. The maximum Gasteiger partial charge on any atom is 0.412 e. The molecule has 166 valence electrons. The lowest BCUT2D eigenvalue weighted by molar-refractivity contribution is -0.111. The van der Waals surface area contributed by atoms with Gasteiger partial charge in [-0.2, -0.15) is 9.97 Å². The lowest BCUT2D eigenvalue weighted by Crippen LogP contribution is -2.50. The number of aliphatic hydroxyl groups excluding tert-OH is 2. The van der Waals surface area contributed by atoms with Gasteiger partial charge in [-0.1, -0.05) is 11.3 Å². The number of anilines is 1. The highest BCUT2D eigenvalue weighted by molar-refractivity contribution is 7.16. The second-order valence-corrected chi connectivity index (χ2v) is 7.39. The highest BCUT2D eigenvalue weighted by atomic mass is 32.1. The van der Waals surface area contributed by atoms with E-state index in [1.165, 1.54) is 4.90 Å². The molecule has 1 saturated heterocycles. The number of nitrogens with zero attached hydrogens (tertiary/aromatic N) is 4. The van der Waals surface area contributed by atoms with E-state index in [-0.39, 0.29) is 35.5 Å². The van der Waals surface area contributed by atoms with Gasteiger partial charge in [0.05, 0.1) is 19.8 Å². The Labute approximate surface area is 174 Å². The number of nitrogen functional groups attached to an aromatic ring is 1. The predicted molar refractivity (Wildman–Crippen MR) is 104 cm³/mol. The van der Waals surface area contributed by atoms with Crippen LogP contribution in [0.5, 0.6) is 5.88 Å². The molecule has 13 nitrogen and oxygen atoms in total. The Balaban J connectivity index is 1.99. The van der Waals surface area contributed by atoms with Crippen LogP contribution in [-0.2, 0) is 15.2 Å². The summed E-state index contributed by atoms with van der Waals surface area (Å²) in [6, 6.07) is 0. The summed E-state index contributed by atoms with van der Waals surface area (Å²) in [6.07, 6.45) is -3.24. The number of carbonyl (C=O) groups is 1. The number of nitrogens with two attached hydrogens (primary N) is 1. The quantitative estimate of drug-likeness (QED) is 0.370. The monoisotopic (exact) mass is 445 g/mol. The molecule has 0 aromatic carbocycles. The molecule has 0 bridgehead atoms. The number of ether oxygens (including phenoxy) is 3. The number of thiazole rings is 1. The van der Waals surface area contributed by atoms with Crippen LogP contribution in [0.4, 0.5) is 10.7 Å². The van der Waals surface area contributed by atoms with Crippen LogP contribution in [-0.4, -0.2) is 86.2 Å². The summed E-state index contributed by atoms with van der Waals surface area (Å²) in [6.45, 7) is 2.68. The Morgan fingerprint density at radius 1 is 1.47 bits per heavy atom. The molecule has 0 aliphatic carbocycles. The van der Waals surface area contributed by atoms with Gasteiger partial charge in [-0.15, -0.1) is 0 Å². The van der Waals surface area contributed by atoms with Crippen molar-refractivity contribution < 1.29 is 34.3 Å². The molecule has 5 N–H and O–H groups in total. The van der Waals surface area contributed by atoms with E-state index >= 15 is 0 Å². The Kier molecular flexibility index (Phi) is 6.42. The second kappa shape index (κ2) is 8.69. The molecule has 2 aromatic heterocycles. The fourth-order valence-electron chi connectivity index (χ4n) is 3.01. The van der Waals surface area contributed by atoms with E-state index in [2.05, 4.69) is 9.97 Å². The van der Waals surface area contributed by atoms with Crippen LogP contribution < -0.4 is 15.3 Å². The van der Waals surface area contributed by atoms with Gasteiger partial charge >= 0.3 is 11.0 Å². The van der Waals surface area contributed by atoms with Crippen molar-refractivity contribution in [3.05, 3.63) is 9.67 Å². The van der Waals surface area contributed by atoms with E-state index in [0.717, 1.165) is 4.57 Å². The third-order valence-electron chi connectivity index (χ3n) is 4.59. The number of hydrogen-bond acceptors (Lipinski definition) is 12. The minimum Gasteiger partial charge on any atom is -0.455 e. The van der Waals surface area contributed by atoms with Gasteiger partial charge in [-0.25, -0.2) is 9.36 Å². The zero-order valence-electron chi connectivity index (χ0n) is 16.3. The summed E-state index contributed by atoms with van der Waals surface area (Å²) in [5, 5.41) is 30.6. The van der Waals surface area contributed by atoms with E-state index in [0.29, 0.717) is 17.9 Å². The molecule has 3 heterocycles. The highest BCUT2D eigenvalue weighted by Crippen LogP contribution is 2.34. The number of aromatic nitrogens is 3. The Bertz CT molecular complexity index is 980. The molecule has 14 heteroatoms. The summed E-state index contributed by atoms with van der Waals surface area (Å²) < 4.78 is 16.7. The van der Waals surface area contributed by atoms with Crippen LogP contribution in [0.25, 0.3) is 10.3 Å². The first-order chi connectivity index (χ1) is 14.3. The minimum atomic E-state index is -2.17. The first-order valence-electron chi connectivity index (χ1n) is 9.13. The van der Waals surface area contributed by atoms with Crippen LogP contribution in [0, 0.1) is 0 Å². The van der Waals surface area contributed by atoms with E-state index in [1.807, 2.05) is 0 Å². The number of hydrogen-bond donors (Lipinski definition) is 4. The molecule has 1 fully saturated rings. The third-order valence-corrected chi connectivity index (χ3v) is 5.50. The van der Waals surface area contributed by atoms with Crippen molar-refractivity contribution in [2.45, 2.75) is 31.8 Å². The Hall–Kier alpha value is -2.52. The fourth-order valence-corrected chi connectivity index (χ4v) is 3.95. The number of rotatable bonds is 7. The largest absolute Gasteiger partial charge is 0.455 e. The molecule has 3 rings (SSSR count). The standard InChI is InChI=1S/C16H23N5O8S/c1-3-20(14(24)27-4-2)7-29-12-9-11(18-13(17)19-12)21(15(25)30-9)16(26)6-28-8(5-22)10(16)23/h8,10,22-23,26H,3-7H2,1-2H3,(H2,17,18,19)/t8-,10-,16-/m1/s1. The average Bonchev–Trinajstić information content (AvgIpc) is 3.19. The van der Waals surface area contributed by atoms with E-state index in [1.54, 1.807) is 13.8 Å². The molecule has 1 aliphatic rings. The fraction of sp³-hybridized carbons (Fsp3) is 0.625. The Morgan fingerprint density at radius 2 is 2.20 bits per heavy atom. The third kappa shape index (κ3) is 3.79. The summed E-state index contributed by atoms with van der Waals surface area (Å²) in [4.78, 5) is 33.2. The number of carbonyl (C=O) groups excluding carboxylic acids is 1. The summed E-state index contributed by atoms with van der Waals surface area (Å²) in [5.74, 6) is -0.323. The zero-order chi connectivity index (χ0) is 22.1. The van der Waals surface area contributed by atoms with Gasteiger partial charge in [0.1, 0.15) is 16.9 Å². The molecular formula is C16H23N5O8S. The molecule has 0 radical (unpaired) electrons. The molecule has 3 atom stereocenters. The molecule has 1 aliphatic heterocycles. The van der Waals surface area contributed by atoms with Gasteiger partial charge in [-0.05, 0) is 13.8 Å². The minimum absolute atomic E-state index is 0.0724. The normalized spacial score (nSPS) is 23.6. The second-order valence-electron chi connectivity index (χ2n) is 6.43.